The summed E-state index contributed by atoms with van der Waals surface area (Å²) in [6, 6.07) is 8.07. The number of ether oxygens (including phenoxy) is 1. The minimum Gasteiger partial charge on any atom is -0.491 e. The molecule has 1 aromatic carbocycles. The smallest absolute Gasteiger partial charge is 0.184 e. The lowest BCUT2D eigenvalue weighted by Crippen LogP contribution is -2.41. The van der Waals surface area contributed by atoms with Gasteiger partial charge >= 0.3 is 0 Å². The minimum atomic E-state index is -1.61. The SMILES string of the molecule is Cc1ccccc1OCC(CO[Si](C)(C)C)O[Si](C)(C)C. The number of rotatable bonds is 8. The summed E-state index contributed by atoms with van der Waals surface area (Å²) >= 11 is 0. The van der Waals surface area contributed by atoms with Crippen LogP contribution < -0.4 is 4.74 Å². The molecule has 1 rings (SSSR count). The molecule has 0 N–H and O–H groups in total. The lowest BCUT2D eigenvalue weighted by atomic mass is 10.2. The molecule has 120 valence electrons. The molecule has 5 heteroatoms. The highest BCUT2D eigenvalue weighted by Gasteiger charge is 2.24. The fraction of sp³-hybridized carbons (Fsp3) is 0.625. The predicted octanol–water partition coefficient (Wildman–Crippen LogP) is 4.45. The standard InChI is InChI=1S/C16H30O3Si2/c1-14-10-8-9-11-16(14)17-12-15(19-21(5,6)7)13-18-20(2,3)4/h8-11,15H,12-13H2,1-7H3. The van der Waals surface area contributed by atoms with Crippen LogP contribution in [0.25, 0.3) is 0 Å². The molecule has 0 amide bonds. The Hall–Kier alpha value is -0.626. The van der Waals surface area contributed by atoms with Gasteiger partial charge in [-0.15, -0.1) is 0 Å². The van der Waals surface area contributed by atoms with Crippen molar-refractivity contribution in [3.05, 3.63) is 29.8 Å². The zero-order valence-corrected chi connectivity index (χ0v) is 16.5. The van der Waals surface area contributed by atoms with Crippen LogP contribution in [-0.4, -0.2) is 36.0 Å². The molecule has 0 fully saturated rings. The first-order valence-corrected chi connectivity index (χ1v) is 14.4. The van der Waals surface area contributed by atoms with Crippen molar-refractivity contribution >= 4 is 16.6 Å². The molecule has 0 aliphatic rings. The third-order valence-corrected chi connectivity index (χ3v) is 4.81. The van der Waals surface area contributed by atoms with E-state index in [9.17, 15) is 0 Å². The van der Waals surface area contributed by atoms with Crippen LogP contribution in [-0.2, 0) is 8.85 Å². The van der Waals surface area contributed by atoms with Gasteiger partial charge in [0.1, 0.15) is 18.5 Å². The van der Waals surface area contributed by atoms with Crippen molar-refractivity contribution in [2.45, 2.75) is 52.3 Å². The molecule has 0 aliphatic carbocycles. The van der Waals surface area contributed by atoms with Crippen LogP contribution >= 0.6 is 0 Å². The molecular weight excluding hydrogens is 296 g/mol. The molecule has 1 unspecified atom stereocenters. The molecule has 1 aromatic rings. The van der Waals surface area contributed by atoms with Crippen LogP contribution in [0.2, 0.25) is 39.3 Å². The summed E-state index contributed by atoms with van der Waals surface area (Å²) in [7, 11) is -3.15. The molecule has 0 heterocycles. The first kappa shape index (κ1) is 18.4. The zero-order valence-electron chi connectivity index (χ0n) is 14.5. The van der Waals surface area contributed by atoms with E-state index in [1.54, 1.807) is 0 Å². The second kappa shape index (κ2) is 7.58. The van der Waals surface area contributed by atoms with E-state index in [2.05, 4.69) is 52.3 Å². The average molecular weight is 327 g/mol. The summed E-state index contributed by atoms with van der Waals surface area (Å²) in [4.78, 5) is 0. The van der Waals surface area contributed by atoms with Gasteiger partial charge < -0.3 is 13.6 Å². The molecule has 1 atom stereocenters. The molecule has 21 heavy (non-hydrogen) atoms. The van der Waals surface area contributed by atoms with Gasteiger partial charge in [-0.3, -0.25) is 0 Å². The molecular formula is C16H30O3Si2. The summed E-state index contributed by atoms with van der Waals surface area (Å²) in [6.07, 6.45) is 0.00278. The van der Waals surface area contributed by atoms with E-state index in [0.717, 1.165) is 11.3 Å². The van der Waals surface area contributed by atoms with Crippen molar-refractivity contribution in [3.8, 4) is 5.75 Å². The Morgan fingerprint density at radius 3 is 2.05 bits per heavy atom. The lowest BCUT2D eigenvalue weighted by molar-refractivity contribution is 0.0729. The Balaban J connectivity index is 2.62. The molecule has 0 spiro atoms. The highest BCUT2D eigenvalue weighted by atomic mass is 28.4. The highest BCUT2D eigenvalue weighted by molar-refractivity contribution is 6.70. The fourth-order valence-corrected chi connectivity index (χ4v) is 3.68. The molecule has 0 aliphatic heterocycles. The van der Waals surface area contributed by atoms with E-state index in [1.807, 2.05) is 18.2 Å². The maximum absolute atomic E-state index is 6.21. The van der Waals surface area contributed by atoms with Crippen LogP contribution in [0.15, 0.2) is 24.3 Å². The van der Waals surface area contributed by atoms with E-state index >= 15 is 0 Å². The minimum absolute atomic E-state index is 0.00278. The lowest BCUT2D eigenvalue weighted by Gasteiger charge is -2.29. The van der Waals surface area contributed by atoms with Crippen LogP contribution in [0.5, 0.6) is 5.75 Å². The summed E-state index contributed by atoms with van der Waals surface area (Å²) < 4.78 is 18.2. The van der Waals surface area contributed by atoms with E-state index in [1.165, 1.54) is 0 Å². The molecule has 3 nitrogen and oxygen atoms in total. The van der Waals surface area contributed by atoms with Crippen LogP contribution in [0.1, 0.15) is 5.56 Å². The number of hydrogen-bond acceptors (Lipinski definition) is 3. The average Bonchev–Trinajstić information content (AvgIpc) is 2.32. The van der Waals surface area contributed by atoms with Crippen LogP contribution in [0, 0.1) is 6.92 Å². The van der Waals surface area contributed by atoms with Gasteiger partial charge in [-0.1, -0.05) is 18.2 Å². The van der Waals surface area contributed by atoms with Gasteiger partial charge in [0.05, 0.1) is 6.61 Å². The summed E-state index contributed by atoms with van der Waals surface area (Å²) in [5.41, 5.74) is 1.15. The van der Waals surface area contributed by atoms with Gasteiger partial charge in [-0.2, -0.15) is 0 Å². The van der Waals surface area contributed by atoms with Crippen molar-refractivity contribution in [3.63, 3.8) is 0 Å². The highest BCUT2D eigenvalue weighted by Crippen LogP contribution is 2.18. The van der Waals surface area contributed by atoms with Crippen molar-refractivity contribution < 1.29 is 13.6 Å². The van der Waals surface area contributed by atoms with Crippen LogP contribution in [0.4, 0.5) is 0 Å². The maximum Gasteiger partial charge on any atom is 0.184 e. The number of benzene rings is 1. The Labute approximate surface area is 131 Å². The van der Waals surface area contributed by atoms with Crippen LogP contribution in [0.3, 0.4) is 0 Å². The van der Waals surface area contributed by atoms with E-state index in [-0.39, 0.29) is 6.10 Å². The Kier molecular flexibility index (Phi) is 6.65. The Morgan fingerprint density at radius 1 is 0.905 bits per heavy atom. The van der Waals surface area contributed by atoms with Gasteiger partial charge in [0.25, 0.3) is 0 Å². The largest absolute Gasteiger partial charge is 0.491 e. The molecule has 0 saturated carbocycles. The third-order valence-electron chi connectivity index (χ3n) is 2.74. The summed E-state index contributed by atoms with van der Waals surface area (Å²) in [5, 5.41) is 0. The van der Waals surface area contributed by atoms with Gasteiger partial charge in [0.15, 0.2) is 16.6 Å². The maximum atomic E-state index is 6.21. The van der Waals surface area contributed by atoms with Gasteiger partial charge in [-0.05, 0) is 57.8 Å². The zero-order chi connectivity index (χ0) is 16.1. The molecule has 0 bridgehead atoms. The van der Waals surface area contributed by atoms with Gasteiger partial charge in [0.2, 0.25) is 0 Å². The first-order valence-electron chi connectivity index (χ1n) is 7.57. The van der Waals surface area contributed by atoms with Gasteiger partial charge in [0, 0.05) is 0 Å². The topological polar surface area (TPSA) is 27.7 Å². The monoisotopic (exact) mass is 326 g/mol. The van der Waals surface area contributed by atoms with E-state index in [4.69, 9.17) is 13.6 Å². The van der Waals surface area contributed by atoms with Crippen molar-refractivity contribution in [2.75, 3.05) is 13.2 Å². The number of hydrogen-bond donors (Lipinski definition) is 0. The summed E-state index contributed by atoms with van der Waals surface area (Å²) in [5.74, 6) is 0.926. The van der Waals surface area contributed by atoms with Crippen molar-refractivity contribution in [1.82, 2.24) is 0 Å². The third kappa shape index (κ3) is 8.41. The Morgan fingerprint density at radius 2 is 1.52 bits per heavy atom. The quantitative estimate of drug-likeness (QED) is 0.661. The Bertz CT molecular complexity index is 436. The van der Waals surface area contributed by atoms with Gasteiger partial charge in [-0.25, -0.2) is 0 Å². The second-order valence-corrected chi connectivity index (χ2v) is 16.3. The second-order valence-electron chi connectivity index (χ2n) is 7.35. The van der Waals surface area contributed by atoms with E-state index in [0.29, 0.717) is 13.2 Å². The molecule has 0 radical (unpaired) electrons. The van der Waals surface area contributed by atoms with Crippen molar-refractivity contribution in [1.29, 1.82) is 0 Å². The van der Waals surface area contributed by atoms with E-state index < -0.39 is 16.6 Å². The fourth-order valence-electron chi connectivity index (χ4n) is 1.86. The first-order chi connectivity index (χ1) is 9.57. The normalized spacial score (nSPS) is 14.0. The van der Waals surface area contributed by atoms with Crippen molar-refractivity contribution in [2.24, 2.45) is 0 Å². The molecule has 0 aromatic heterocycles. The molecule has 0 saturated heterocycles. The number of aryl methyl sites for hydroxylation is 1. The summed E-state index contributed by atoms with van der Waals surface area (Å²) in [6.45, 7) is 16.4. The predicted molar refractivity (Wildman–Crippen MR) is 94.2 cm³/mol. The number of para-hydroxylation sites is 1.